The third-order valence-corrected chi connectivity index (χ3v) is 4.78. The lowest BCUT2D eigenvalue weighted by Crippen LogP contribution is -2.41. The van der Waals surface area contributed by atoms with Gasteiger partial charge in [0.05, 0.1) is 19.3 Å². The van der Waals surface area contributed by atoms with Crippen molar-refractivity contribution in [3.63, 3.8) is 0 Å². The van der Waals surface area contributed by atoms with E-state index in [1.165, 1.54) is 0 Å². The van der Waals surface area contributed by atoms with Crippen LogP contribution in [0.2, 0.25) is 0 Å². The summed E-state index contributed by atoms with van der Waals surface area (Å²) in [7, 11) is 1.77. The van der Waals surface area contributed by atoms with Gasteiger partial charge in [-0.1, -0.05) is 18.2 Å². The minimum absolute atomic E-state index is 0. The van der Waals surface area contributed by atoms with Crippen LogP contribution in [0.15, 0.2) is 47.6 Å². The monoisotopic (exact) mass is 525 g/mol. The number of benzene rings is 1. The summed E-state index contributed by atoms with van der Waals surface area (Å²) in [6.07, 6.45) is 2.09. The van der Waals surface area contributed by atoms with E-state index in [9.17, 15) is 0 Å². The number of aromatic nitrogens is 1. The predicted molar refractivity (Wildman–Crippen MR) is 132 cm³/mol. The lowest BCUT2D eigenvalue weighted by atomic mass is 10.2. The maximum absolute atomic E-state index is 5.69. The van der Waals surface area contributed by atoms with Gasteiger partial charge in [-0.3, -0.25) is 4.99 Å². The first-order valence-corrected chi connectivity index (χ1v) is 10.2. The lowest BCUT2D eigenvalue weighted by Gasteiger charge is -2.32. The standard InChI is InChI=1S/C22H31N5O2.HI/c1-4-28-20-8-6-5-7-19(20)15-26-22(23-3)25-14-18-9-10-24-21(13-18)27-11-12-29-17(2)16-27;/h5-10,13,17H,4,11-12,14-16H2,1-3H3,(H2,23,25,26);1H. The van der Waals surface area contributed by atoms with Crippen LogP contribution in [-0.4, -0.2) is 50.4 Å². The largest absolute Gasteiger partial charge is 0.494 e. The molecule has 8 heteroatoms. The van der Waals surface area contributed by atoms with Crippen LogP contribution in [0.3, 0.4) is 0 Å². The number of morpholine rings is 1. The molecule has 0 aliphatic carbocycles. The van der Waals surface area contributed by atoms with Gasteiger partial charge in [0, 0.05) is 45.0 Å². The van der Waals surface area contributed by atoms with Crippen molar-refractivity contribution in [3.05, 3.63) is 53.7 Å². The number of anilines is 1. The van der Waals surface area contributed by atoms with Crippen molar-refractivity contribution in [2.75, 3.05) is 38.3 Å². The quantitative estimate of drug-likeness (QED) is 0.329. The van der Waals surface area contributed by atoms with Gasteiger partial charge in [-0.15, -0.1) is 24.0 Å². The first kappa shape index (κ1) is 24.2. The van der Waals surface area contributed by atoms with E-state index in [0.717, 1.165) is 48.4 Å². The van der Waals surface area contributed by atoms with E-state index in [1.54, 1.807) is 7.05 Å². The number of guanidine groups is 1. The number of halogens is 1. The Morgan fingerprint density at radius 2 is 2.07 bits per heavy atom. The molecule has 2 N–H and O–H groups in total. The number of para-hydroxylation sites is 1. The van der Waals surface area contributed by atoms with Gasteiger partial charge >= 0.3 is 0 Å². The first-order chi connectivity index (χ1) is 14.2. The van der Waals surface area contributed by atoms with Gasteiger partial charge in [0.2, 0.25) is 0 Å². The smallest absolute Gasteiger partial charge is 0.191 e. The minimum atomic E-state index is 0. The van der Waals surface area contributed by atoms with Gasteiger partial charge in [0.1, 0.15) is 11.6 Å². The van der Waals surface area contributed by atoms with Gasteiger partial charge < -0.3 is 25.0 Å². The molecule has 2 aromatic rings. The molecule has 7 nitrogen and oxygen atoms in total. The van der Waals surface area contributed by atoms with E-state index in [1.807, 2.05) is 37.4 Å². The first-order valence-electron chi connectivity index (χ1n) is 10.2. The molecule has 0 saturated carbocycles. The molecule has 1 unspecified atom stereocenters. The average Bonchev–Trinajstić information content (AvgIpc) is 2.75. The van der Waals surface area contributed by atoms with Crippen molar-refractivity contribution in [2.45, 2.75) is 33.0 Å². The molecule has 1 aromatic heterocycles. The molecule has 2 heterocycles. The van der Waals surface area contributed by atoms with Crippen LogP contribution < -0.4 is 20.3 Å². The molecule has 1 atom stereocenters. The van der Waals surface area contributed by atoms with Crippen LogP contribution in [0, 0.1) is 0 Å². The van der Waals surface area contributed by atoms with Gasteiger partial charge in [0.25, 0.3) is 0 Å². The molecule has 3 rings (SSSR count). The third kappa shape index (κ3) is 7.02. The van der Waals surface area contributed by atoms with Crippen LogP contribution in [0.1, 0.15) is 25.0 Å². The highest BCUT2D eigenvalue weighted by atomic mass is 127. The van der Waals surface area contributed by atoms with E-state index < -0.39 is 0 Å². The van der Waals surface area contributed by atoms with E-state index in [4.69, 9.17) is 9.47 Å². The maximum atomic E-state index is 5.69. The Hall–Kier alpha value is -2.07. The molecule has 164 valence electrons. The number of nitrogens with one attached hydrogen (secondary N) is 2. The summed E-state index contributed by atoms with van der Waals surface area (Å²) in [5.41, 5.74) is 2.26. The van der Waals surface area contributed by atoms with Crippen LogP contribution in [0.25, 0.3) is 0 Å². The molecule has 0 bridgehead atoms. The second-order valence-corrected chi connectivity index (χ2v) is 6.97. The maximum Gasteiger partial charge on any atom is 0.191 e. The summed E-state index contributed by atoms with van der Waals surface area (Å²) in [4.78, 5) is 11.1. The molecular weight excluding hydrogens is 493 g/mol. The van der Waals surface area contributed by atoms with Crippen molar-refractivity contribution in [2.24, 2.45) is 4.99 Å². The third-order valence-electron chi connectivity index (χ3n) is 4.78. The number of hydrogen-bond donors (Lipinski definition) is 2. The lowest BCUT2D eigenvalue weighted by molar-refractivity contribution is 0.0529. The number of rotatable bonds is 7. The van der Waals surface area contributed by atoms with E-state index in [0.29, 0.717) is 19.7 Å². The Balaban J connectivity index is 0.00000320. The van der Waals surface area contributed by atoms with Crippen LogP contribution in [0.5, 0.6) is 5.75 Å². The SMILES string of the molecule is CCOc1ccccc1CNC(=NC)NCc1ccnc(N2CCOC(C)C2)c1.I. The minimum Gasteiger partial charge on any atom is -0.494 e. The highest BCUT2D eigenvalue weighted by Gasteiger charge is 2.18. The van der Waals surface area contributed by atoms with Crippen molar-refractivity contribution in [1.29, 1.82) is 0 Å². The summed E-state index contributed by atoms with van der Waals surface area (Å²) in [6.45, 7) is 8.53. The second-order valence-electron chi connectivity index (χ2n) is 6.97. The molecule has 1 fully saturated rings. The Morgan fingerprint density at radius 1 is 1.27 bits per heavy atom. The van der Waals surface area contributed by atoms with Gasteiger partial charge in [-0.05, 0) is 37.6 Å². The molecule has 30 heavy (non-hydrogen) atoms. The van der Waals surface area contributed by atoms with Crippen molar-refractivity contribution >= 4 is 35.8 Å². The molecule has 0 radical (unpaired) electrons. The average molecular weight is 525 g/mol. The Labute approximate surface area is 196 Å². The summed E-state index contributed by atoms with van der Waals surface area (Å²) >= 11 is 0. The fraction of sp³-hybridized carbons (Fsp3) is 0.455. The number of ether oxygens (including phenoxy) is 2. The highest BCUT2D eigenvalue weighted by molar-refractivity contribution is 14.0. The number of hydrogen-bond acceptors (Lipinski definition) is 5. The summed E-state index contributed by atoms with van der Waals surface area (Å²) in [6, 6.07) is 12.2. The molecule has 1 saturated heterocycles. The zero-order valence-electron chi connectivity index (χ0n) is 17.9. The predicted octanol–water partition coefficient (Wildman–Crippen LogP) is 3.19. The molecular formula is C22H32IN5O2. The Kier molecular flexibility index (Phi) is 10.2. The molecule has 1 aromatic carbocycles. The number of pyridine rings is 1. The van der Waals surface area contributed by atoms with Crippen LogP contribution >= 0.6 is 24.0 Å². The number of aliphatic imine (C=N–C) groups is 1. The molecule has 1 aliphatic rings. The van der Waals surface area contributed by atoms with E-state index >= 15 is 0 Å². The Bertz CT molecular complexity index is 818. The van der Waals surface area contributed by atoms with Crippen LogP contribution in [-0.2, 0) is 17.8 Å². The van der Waals surface area contributed by atoms with Gasteiger partial charge in [-0.25, -0.2) is 4.98 Å². The molecule has 1 aliphatic heterocycles. The highest BCUT2D eigenvalue weighted by Crippen LogP contribution is 2.18. The molecule has 0 amide bonds. The van der Waals surface area contributed by atoms with Crippen molar-refractivity contribution in [3.8, 4) is 5.75 Å². The van der Waals surface area contributed by atoms with E-state index in [-0.39, 0.29) is 30.1 Å². The fourth-order valence-electron chi connectivity index (χ4n) is 3.30. The fourth-order valence-corrected chi connectivity index (χ4v) is 3.30. The van der Waals surface area contributed by atoms with Gasteiger partial charge in [-0.2, -0.15) is 0 Å². The summed E-state index contributed by atoms with van der Waals surface area (Å²) in [5, 5.41) is 6.73. The normalized spacial score (nSPS) is 16.6. The van der Waals surface area contributed by atoms with Crippen LogP contribution in [0.4, 0.5) is 5.82 Å². The van der Waals surface area contributed by atoms with E-state index in [2.05, 4.69) is 44.6 Å². The van der Waals surface area contributed by atoms with Crippen molar-refractivity contribution < 1.29 is 9.47 Å². The zero-order valence-corrected chi connectivity index (χ0v) is 20.3. The summed E-state index contributed by atoms with van der Waals surface area (Å²) in [5.74, 6) is 2.64. The Morgan fingerprint density at radius 3 is 2.83 bits per heavy atom. The topological polar surface area (TPSA) is 71.0 Å². The van der Waals surface area contributed by atoms with Gasteiger partial charge in [0.15, 0.2) is 5.96 Å². The molecule has 0 spiro atoms. The zero-order chi connectivity index (χ0) is 20.5. The summed E-state index contributed by atoms with van der Waals surface area (Å²) < 4.78 is 11.3. The second kappa shape index (κ2) is 12.6. The number of nitrogens with zero attached hydrogens (tertiary/aromatic N) is 3. The van der Waals surface area contributed by atoms with Crippen molar-refractivity contribution in [1.82, 2.24) is 15.6 Å².